The largest absolute Gasteiger partial charge is 0.486 e. The number of anilines is 2. The molecule has 0 atom stereocenters. The summed E-state index contributed by atoms with van der Waals surface area (Å²) in [6, 6.07) is 24.7. The van der Waals surface area contributed by atoms with E-state index in [9.17, 15) is 22.4 Å². The van der Waals surface area contributed by atoms with Crippen LogP contribution in [0.15, 0.2) is 102 Å². The molecule has 0 saturated heterocycles. The van der Waals surface area contributed by atoms with Crippen molar-refractivity contribution in [1.82, 2.24) is 5.32 Å². The Kier molecular flexibility index (Phi) is 8.16. The molecule has 0 radical (unpaired) electrons. The Hall–Kier alpha value is -4.90. The maximum Gasteiger partial charge on any atom is 0.264 e. The Morgan fingerprint density at radius 1 is 0.829 bits per heavy atom. The van der Waals surface area contributed by atoms with Gasteiger partial charge in [0.2, 0.25) is 5.91 Å². The first kappa shape index (κ1) is 27.7. The van der Waals surface area contributed by atoms with E-state index in [1.807, 2.05) is 30.3 Å². The van der Waals surface area contributed by atoms with Gasteiger partial charge in [-0.1, -0.05) is 48.5 Å². The lowest BCUT2D eigenvalue weighted by molar-refractivity contribution is -0.114. The quantitative estimate of drug-likeness (QED) is 0.307. The smallest absolute Gasteiger partial charge is 0.264 e. The highest BCUT2D eigenvalue weighted by Gasteiger charge is 2.29. The lowest BCUT2D eigenvalue weighted by atomic mass is 10.1. The molecule has 0 saturated carbocycles. The van der Waals surface area contributed by atoms with Crippen molar-refractivity contribution in [2.24, 2.45) is 0 Å². The van der Waals surface area contributed by atoms with Crippen molar-refractivity contribution in [1.29, 1.82) is 0 Å². The molecule has 210 valence electrons. The molecule has 5 rings (SSSR count). The molecule has 0 unspecified atom stereocenters. The van der Waals surface area contributed by atoms with Crippen LogP contribution in [0.2, 0.25) is 0 Å². The third-order valence-electron chi connectivity index (χ3n) is 6.23. The SMILES string of the molecule is O=C(CN(c1cccc(F)c1)S(=O)(=O)c1ccc2c(c1)OCCO2)Nc1ccccc1C(=O)NCc1ccccc1. The molecule has 0 bridgehead atoms. The van der Waals surface area contributed by atoms with Crippen LogP contribution in [-0.2, 0) is 21.4 Å². The minimum atomic E-state index is -4.37. The van der Waals surface area contributed by atoms with Crippen molar-refractivity contribution in [3.05, 3.63) is 114 Å². The van der Waals surface area contributed by atoms with Crippen LogP contribution in [0.1, 0.15) is 15.9 Å². The summed E-state index contributed by atoms with van der Waals surface area (Å²) >= 11 is 0. The van der Waals surface area contributed by atoms with Crippen molar-refractivity contribution in [3.8, 4) is 11.5 Å². The number of benzene rings is 4. The molecule has 2 amide bonds. The second-order valence-electron chi connectivity index (χ2n) is 9.06. The van der Waals surface area contributed by atoms with Crippen LogP contribution < -0.4 is 24.4 Å². The molecule has 4 aromatic rings. The molecule has 1 aliphatic rings. The minimum absolute atomic E-state index is 0.0519. The maximum atomic E-state index is 14.2. The van der Waals surface area contributed by atoms with Crippen molar-refractivity contribution in [2.45, 2.75) is 11.4 Å². The summed E-state index contributed by atoms with van der Waals surface area (Å²) in [4.78, 5) is 26.0. The monoisotopic (exact) mass is 575 g/mol. The number of hydrogen-bond donors (Lipinski definition) is 2. The number of sulfonamides is 1. The Balaban J connectivity index is 1.39. The maximum absolute atomic E-state index is 14.2. The van der Waals surface area contributed by atoms with Gasteiger partial charge >= 0.3 is 0 Å². The van der Waals surface area contributed by atoms with Crippen molar-refractivity contribution >= 4 is 33.2 Å². The average molecular weight is 576 g/mol. The van der Waals surface area contributed by atoms with Gasteiger partial charge in [0.15, 0.2) is 11.5 Å². The summed E-state index contributed by atoms with van der Waals surface area (Å²) in [7, 11) is -4.37. The van der Waals surface area contributed by atoms with Crippen molar-refractivity contribution in [3.63, 3.8) is 0 Å². The topological polar surface area (TPSA) is 114 Å². The zero-order chi connectivity index (χ0) is 28.8. The van der Waals surface area contributed by atoms with Crippen LogP contribution in [0.5, 0.6) is 11.5 Å². The van der Waals surface area contributed by atoms with E-state index in [0.29, 0.717) is 12.4 Å². The molecule has 4 aromatic carbocycles. The lowest BCUT2D eigenvalue weighted by Gasteiger charge is -2.25. The fraction of sp³-hybridized carbons (Fsp3) is 0.133. The fourth-order valence-corrected chi connectivity index (χ4v) is 5.67. The standard InChI is InChI=1S/C30H26FN3O6S/c31-22-9-6-10-23(17-22)34(41(37,38)24-13-14-27-28(18-24)40-16-15-39-27)20-29(35)33-26-12-5-4-11-25(26)30(36)32-19-21-7-2-1-3-8-21/h1-14,17-18H,15-16,19-20H2,(H,32,36)(H,33,35). The molecule has 1 aliphatic heterocycles. The van der Waals surface area contributed by atoms with Crippen molar-refractivity contribution in [2.75, 3.05) is 29.4 Å². The number of nitrogens with zero attached hydrogens (tertiary/aromatic N) is 1. The van der Waals surface area contributed by atoms with Gasteiger partial charge in [0, 0.05) is 12.6 Å². The summed E-state index contributed by atoms with van der Waals surface area (Å²) in [5, 5.41) is 5.45. The Morgan fingerprint density at radius 2 is 1.56 bits per heavy atom. The van der Waals surface area contributed by atoms with E-state index in [2.05, 4.69) is 10.6 Å². The molecule has 11 heteroatoms. The highest BCUT2D eigenvalue weighted by molar-refractivity contribution is 7.92. The van der Waals surface area contributed by atoms with E-state index >= 15 is 0 Å². The van der Waals surface area contributed by atoms with Crippen LogP contribution in [0, 0.1) is 5.82 Å². The van der Waals surface area contributed by atoms with Crippen molar-refractivity contribution < 1.29 is 31.9 Å². The Labute approximate surface area is 236 Å². The molecule has 41 heavy (non-hydrogen) atoms. The molecule has 0 aromatic heterocycles. The zero-order valence-electron chi connectivity index (χ0n) is 21.7. The first-order chi connectivity index (χ1) is 19.8. The van der Waals surface area contributed by atoms with Gasteiger partial charge in [0.1, 0.15) is 25.6 Å². The summed E-state index contributed by atoms with van der Waals surface area (Å²) in [5.74, 6) is -1.19. The summed E-state index contributed by atoms with van der Waals surface area (Å²) < 4.78 is 53.5. The van der Waals surface area contributed by atoms with Crippen LogP contribution >= 0.6 is 0 Å². The molecule has 2 N–H and O–H groups in total. The zero-order valence-corrected chi connectivity index (χ0v) is 22.6. The number of rotatable bonds is 9. The molecule has 0 fully saturated rings. The third kappa shape index (κ3) is 6.47. The van der Waals surface area contributed by atoms with Crippen LogP contribution in [-0.4, -0.2) is 40.0 Å². The fourth-order valence-electron chi connectivity index (χ4n) is 4.24. The van der Waals surface area contributed by atoms with Crippen LogP contribution in [0.3, 0.4) is 0 Å². The lowest BCUT2D eigenvalue weighted by Crippen LogP contribution is -2.38. The third-order valence-corrected chi connectivity index (χ3v) is 8.00. The number of halogens is 1. The van der Waals surface area contributed by atoms with Crippen LogP contribution in [0.25, 0.3) is 0 Å². The van der Waals surface area contributed by atoms with Crippen LogP contribution in [0.4, 0.5) is 15.8 Å². The van der Waals surface area contributed by atoms with E-state index < -0.39 is 34.2 Å². The summed E-state index contributed by atoms with van der Waals surface area (Å²) in [5.41, 5.74) is 1.24. The molecular formula is C30H26FN3O6S. The number of ether oxygens (including phenoxy) is 2. The number of nitrogens with one attached hydrogen (secondary N) is 2. The molecule has 0 spiro atoms. The van der Waals surface area contributed by atoms with E-state index in [0.717, 1.165) is 15.9 Å². The predicted molar refractivity (Wildman–Crippen MR) is 151 cm³/mol. The molecule has 1 heterocycles. The number of para-hydroxylation sites is 1. The van der Waals surface area contributed by atoms with Gasteiger partial charge in [0.05, 0.1) is 21.8 Å². The van der Waals surface area contributed by atoms with Gasteiger partial charge in [0.25, 0.3) is 15.9 Å². The first-order valence-electron chi connectivity index (χ1n) is 12.7. The Morgan fingerprint density at radius 3 is 2.34 bits per heavy atom. The second kappa shape index (κ2) is 12.1. The predicted octanol–water partition coefficient (Wildman–Crippen LogP) is 4.36. The number of fused-ring (bicyclic) bond motifs is 1. The van der Waals surface area contributed by atoms with Gasteiger partial charge < -0.3 is 20.1 Å². The normalized spacial score (nSPS) is 12.3. The van der Waals surface area contributed by atoms with E-state index in [1.165, 1.54) is 42.5 Å². The summed E-state index contributed by atoms with van der Waals surface area (Å²) in [6.45, 7) is 0.175. The molecular weight excluding hydrogens is 549 g/mol. The molecule has 0 aliphatic carbocycles. The van der Waals surface area contributed by atoms with E-state index in [1.54, 1.807) is 18.2 Å². The number of carbonyl (C=O) groups excluding carboxylic acids is 2. The highest BCUT2D eigenvalue weighted by atomic mass is 32.2. The second-order valence-corrected chi connectivity index (χ2v) is 10.9. The number of amides is 2. The van der Waals surface area contributed by atoms with Gasteiger partial charge in [-0.2, -0.15) is 0 Å². The minimum Gasteiger partial charge on any atom is -0.486 e. The van der Waals surface area contributed by atoms with Gasteiger partial charge in [-0.15, -0.1) is 0 Å². The number of carbonyl (C=O) groups is 2. The first-order valence-corrected chi connectivity index (χ1v) is 14.1. The average Bonchev–Trinajstić information content (AvgIpc) is 2.99. The Bertz CT molecular complexity index is 1680. The van der Waals surface area contributed by atoms with E-state index in [4.69, 9.17) is 9.47 Å². The summed E-state index contributed by atoms with van der Waals surface area (Å²) in [6.07, 6.45) is 0. The van der Waals surface area contributed by atoms with Gasteiger partial charge in [-0.3, -0.25) is 13.9 Å². The number of hydrogen-bond acceptors (Lipinski definition) is 6. The van der Waals surface area contributed by atoms with Gasteiger partial charge in [-0.05, 0) is 48.0 Å². The van der Waals surface area contributed by atoms with Gasteiger partial charge in [-0.25, -0.2) is 12.8 Å². The van der Waals surface area contributed by atoms with E-state index in [-0.39, 0.29) is 40.7 Å². The highest BCUT2D eigenvalue weighted by Crippen LogP contribution is 2.34. The molecule has 9 nitrogen and oxygen atoms in total.